The van der Waals surface area contributed by atoms with Crippen LogP contribution in [0.4, 0.5) is 0 Å². The quantitative estimate of drug-likeness (QED) is 0.598. The van der Waals surface area contributed by atoms with E-state index in [1.165, 1.54) is 5.56 Å². The minimum absolute atomic E-state index is 0.241. The number of rotatable bonds is 7. The lowest BCUT2D eigenvalue weighted by Gasteiger charge is -2.22. The predicted molar refractivity (Wildman–Crippen MR) is 76.1 cm³/mol. The highest BCUT2D eigenvalue weighted by Crippen LogP contribution is 2.18. The van der Waals surface area contributed by atoms with Crippen molar-refractivity contribution < 1.29 is 15.3 Å². The van der Waals surface area contributed by atoms with E-state index < -0.39 is 11.7 Å². The Kier molecular flexibility index (Phi) is 5.94. The molecule has 0 fully saturated rings. The molecule has 0 spiro atoms. The molecule has 19 heavy (non-hydrogen) atoms. The van der Waals surface area contributed by atoms with E-state index in [0.717, 1.165) is 5.56 Å². The maximum absolute atomic E-state index is 10.0. The van der Waals surface area contributed by atoms with Gasteiger partial charge in [-0.3, -0.25) is 0 Å². The number of hydrogen-bond acceptors (Lipinski definition) is 4. The van der Waals surface area contributed by atoms with Crippen molar-refractivity contribution in [3.8, 4) is 0 Å². The molecule has 4 heteroatoms. The second-order valence-corrected chi connectivity index (χ2v) is 5.62. The van der Waals surface area contributed by atoms with Crippen molar-refractivity contribution >= 4 is 0 Å². The number of aliphatic hydroxyl groups excluding tert-OH is 2. The van der Waals surface area contributed by atoms with Gasteiger partial charge in [-0.2, -0.15) is 0 Å². The van der Waals surface area contributed by atoms with Crippen molar-refractivity contribution in [1.82, 2.24) is 5.32 Å². The third-order valence-electron chi connectivity index (χ3n) is 3.17. The molecule has 0 saturated carbocycles. The third kappa shape index (κ3) is 5.28. The van der Waals surface area contributed by atoms with E-state index >= 15 is 0 Å². The molecule has 2 atom stereocenters. The van der Waals surface area contributed by atoms with Crippen LogP contribution >= 0.6 is 0 Å². The topological polar surface area (TPSA) is 72.7 Å². The van der Waals surface area contributed by atoms with E-state index in [-0.39, 0.29) is 13.2 Å². The summed E-state index contributed by atoms with van der Waals surface area (Å²) in [4.78, 5) is 0. The first-order valence-corrected chi connectivity index (χ1v) is 6.67. The summed E-state index contributed by atoms with van der Waals surface area (Å²) >= 11 is 0. The van der Waals surface area contributed by atoms with Gasteiger partial charge >= 0.3 is 0 Å². The lowest BCUT2D eigenvalue weighted by Crippen LogP contribution is -2.42. The smallest absolute Gasteiger partial charge is 0.0972 e. The number of benzene rings is 1. The number of aliphatic hydroxyl groups is 3. The Morgan fingerprint density at radius 1 is 1.16 bits per heavy atom. The first-order valence-electron chi connectivity index (χ1n) is 6.67. The van der Waals surface area contributed by atoms with Crippen molar-refractivity contribution in [2.45, 2.75) is 38.4 Å². The number of hydrogen-bond donors (Lipinski definition) is 4. The highest BCUT2D eigenvalue weighted by Gasteiger charge is 2.18. The summed E-state index contributed by atoms with van der Waals surface area (Å²) in [6.45, 7) is 6.08. The van der Waals surface area contributed by atoms with Gasteiger partial charge in [-0.05, 0) is 24.0 Å². The van der Waals surface area contributed by atoms with Gasteiger partial charge in [0, 0.05) is 13.1 Å². The molecular formula is C15H25NO3. The summed E-state index contributed by atoms with van der Waals surface area (Å²) in [5.74, 6) is 0.476. The van der Waals surface area contributed by atoms with Gasteiger partial charge in [0.1, 0.15) is 0 Å². The molecule has 0 saturated heterocycles. The fourth-order valence-corrected chi connectivity index (χ4v) is 1.75. The Morgan fingerprint density at radius 3 is 2.16 bits per heavy atom. The molecule has 4 nitrogen and oxygen atoms in total. The highest BCUT2D eigenvalue weighted by molar-refractivity contribution is 5.26. The zero-order valence-corrected chi connectivity index (χ0v) is 11.9. The fourth-order valence-electron chi connectivity index (χ4n) is 1.75. The second-order valence-electron chi connectivity index (χ2n) is 5.62. The van der Waals surface area contributed by atoms with Gasteiger partial charge in [0.15, 0.2) is 0 Å². The Bertz CT molecular complexity index is 373. The second kappa shape index (κ2) is 7.01. The third-order valence-corrected chi connectivity index (χ3v) is 3.17. The lowest BCUT2D eigenvalue weighted by molar-refractivity contribution is 0.000728. The molecule has 1 aromatic carbocycles. The summed E-state index contributed by atoms with van der Waals surface area (Å²) in [6.07, 6.45) is -0.615. The fraction of sp³-hybridized carbons (Fsp3) is 0.600. The van der Waals surface area contributed by atoms with Crippen LogP contribution in [0.5, 0.6) is 0 Å². The molecule has 0 aliphatic heterocycles. The standard InChI is InChI=1S/C15H25NO3/c1-11(2)12-4-6-13(7-5-12)14(18)8-16-9-15(3,19)10-17/h4-7,11,14,16-19H,8-10H2,1-3H3. The average molecular weight is 267 g/mol. The largest absolute Gasteiger partial charge is 0.393 e. The minimum Gasteiger partial charge on any atom is -0.393 e. The van der Waals surface area contributed by atoms with Gasteiger partial charge in [0.05, 0.1) is 18.3 Å². The van der Waals surface area contributed by atoms with Gasteiger partial charge in [-0.25, -0.2) is 0 Å². The first kappa shape index (κ1) is 16.1. The van der Waals surface area contributed by atoms with E-state index in [0.29, 0.717) is 12.5 Å². The summed E-state index contributed by atoms with van der Waals surface area (Å²) < 4.78 is 0. The molecule has 0 radical (unpaired) electrons. The van der Waals surface area contributed by atoms with Crippen LogP contribution in [0.15, 0.2) is 24.3 Å². The van der Waals surface area contributed by atoms with E-state index in [1.54, 1.807) is 6.92 Å². The summed E-state index contributed by atoms with van der Waals surface area (Å²) in [5.41, 5.74) is 0.939. The lowest BCUT2D eigenvalue weighted by atomic mass is 10.00. The molecule has 0 aliphatic rings. The highest BCUT2D eigenvalue weighted by atomic mass is 16.3. The van der Waals surface area contributed by atoms with Crippen molar-refractivity contribution in [3.63, 3.8) is 0 Å². The normalized spacial score (nSPS) is 16.4. The molecule has 0 bridgehead atoms. The predicted octanol–water partition coefficient (Wildman–Crippen LogP) is 1.18. The first-order chi connectivity index (χ1) is 8.85. The Morgan fingerprint density at radius 2 is 1.68 bits per heavy atom. The average Bonchev–Trinajstić information content (AvgIpc) is 2.38. The van der Waals surface area contributed by atoms with Crippen LogP contribution in [0, 0.1) is 0 Å². The molecule has 1 aromatic rings. The maximum atomic E-state index is 10.0. The molecule has 0 aliphatic carbocycles. The number of nitrogens with one attached hydrogen (secondary N) is 1. The molecule has 1 rings (SSSR count). The van der Waals surface area contributed by atoms with E-state index in [9.17, 15) is 10.2 Å². The van der Waals surface area contributed by atoms with Gasteiger partial charge in [0.25, 0.3) is 0 Å². The molecule has 108 valence electrons. The van der Waals surface area contributed by atoms with Crippen LogP contribution in [0.1, 0.15) is 43.9 Å². The van der Waals surface area contributed by atoms with Crippen LogP contribution in [0.2, 0.25) is 0 Å². The van der Waals surface area contributed by atoms with E-state index in [2.05, 4.69) is 19.2 Å². The summed E-state index contributed by atoms with van der Waals surface area (Å²) in [5, 5.41) is 31.5. The van der Waals surface area contributed by atoms with Crippen LogP contribution in [0.3, 0.4) is 0 Å². The van der Waals surface area contributed by atoms with Gasteiger partial charge < -0.3 is 20.6 Å². The molecule has 0 heterocycles. The molecule has 2 unspecified atom stereocenters. The van der Waals surface area contributed by atoms with Crippen LogP contribution in [-0.2, 0) is 0 Å². The van der Waals surface area contributed by atoms with E-state index in [1.807, 2.05) is 24.3 Å². The maximum Gasteiger partial charge on any atom is 0.0972 e. The molecular weight excluding hydrogens is 242 g/mol. The van der Waals surface area contributed by atoms with Crippen molar-refractivity contribution in [1.29, 1.82) is 0 Å². The Labute approximate surface area is 115 Å². The monoisotopic (exact) mass is 267 g/mol. The van der Waals surface area contributed by atoms with Gasteiger partial charge in [0.2, 0.25) is 0 Å². The van der Waals surface area contributed by atoms with Crippen molar-refractivity contribution in [2.24, 2.45) is 0 Å². The Balaban J connectivity index is 2.47. The summed E-state index contributed by atoms with van der Waals surface area (Å²) in [6, 6.07) is 7.89. The summed E-state index contributed by atoms with van der Waals surface area (Å²) in [7, 11) is 0. The minimum atomic E-state index is -1.15. The van der Waals surface area contributed by atoms with Crippen molar-refractivity contribution in [3.05, 3.63) is 35.4 Å². The van der Waals surface area contributed by atoms with Crippen LogP contribution in [-0.4, -0.2) is 40.6 Å². The van der Waals surface area contributed by atoms with Crippen molar-refractivity contribution in [2.75, 3.05) is 19.7 Å². The molecule has 0 aromatic heterocycles. The van der Waals surface area contributed by atoms with E-state index in [4.69, 9.17) is 5.11 Å². The Hall–Kier alpha value is -0.940. The van der Waals surface area contributed by atoms with Crippen LogP contribution in [0.25, 0.3) is 0 Å². The van der Waals surface area contributed by atoms with Gasteiger partial charge in [-0.15, -0.1) is 0 Å². The SMILES string of the molecule is CC(C)c1ccc(C(O)CNCC(C)(O)CO)cc1. The van der Waals surface area contributed by atoms with Gasteiger partial charge in [-0.1, -0.05) is 38.1 Å². The molecule has 0 amide bonds. The zero-order valence-electron chi connectivity index (χ0n) is 11.9. The molecule has 4 N–H and O–H groups in total. The zero-order chi connectivity index (χ0) is 14.5. The van der Waals surface area contributed by atoms with Crippen LogP contribution < -0.4 is 5.32 Å².